The Balaban J connectivity index is 1.51. The van der Waals surface area contributed by atoms with Gasteiger partial charge in [-0.15, -0.1) is 11.3 Å². The molecule has 156 valence electrons. The zero-order valence-corrected chi connectivity index (χ0v) is 16.6. The molecule has 1 aromatic heterocycles. The van der Waals surface area contributed by atoms with Crippen molar-refractivity contribution in [1.29, 1.82) is 0 Å². The van der Waals surface area contributed by atoms with Crippen LogP contribution in [0.1, 0.15) is 10.4 Å². The van der Waals surface area contributed by atoms with Crippen LogP contribution in [0, 0.1) is 0 Å². The van der Waals surface area contributed by atoms with Gasteiger partial charge < -0.3 is 10.1 Å². The molecule has 0 saturated heterocycles. The molecule has 30 heavy (non-hydrogen) atoms. The SMILES string of the molecule is COc1ccc(CNC(=O)C2C=C3N=C(c4cccs4)C=C(C(F)(F)F)N3N2)cc1. The number of amides is 1. The van der Waals surface area contributed by atoms with Crippen LogP contribution in [0.25, 0.3) is 0 Å². The van der Waals surface area contributed by atoms with Gasteiger partial charge in [-0.3, -0.25) is 9.80 Å². The number of halogens is 3. The number of allylic oxidation sites excluding steroid dienone is 2. The van der Waals surface area contributed by atoms with Gasteiger partial charge in [-0.05, 0) is 41.3 Å². The highest BCUT2D eigenvalue weighted by molar-refractivity contribution is 7.12. The van der Waals surface area contributed by atoms with Crippen LogP contribution in [0.5, 0.6) is 5.75 Å². The van der Waals surface area contributed by atoms with Crippen molar-refractivity contribution in [2.75, 3.05) is 7.11 Å². The number of alkyl halides is 3. The molecule has 1 aromatic carbocycles. The second kappa shape index (κ2) is 7.96. The van der Waals surface area contributed by atoms with E-state index < -0.39 is 23.8 Å². The number of nitrogens with one attached hydrogen (secondary N) is 2. The van der Waals surface area contributed by atoms with Gasteiger partial charge in [0.2, 0.25) is 5.91 Å². The van der Waals surface area contributed by atoms with E-state index in [4.69, 9.17) is 4.74 Å². The third-order valence-electron chi connectivity index (χ3n) is 4.53. The van der Waals surface area contributed by atoms with Crippen molar-refractivity contribution in [3.05, 3.63) is 75.9 Å². The van der Waals surface area contributed by atoms with Gasteiger partial charge in [0.25, 0.3) is 0 Å². The Morgan fingerprint density at radius 2 is 2.07 bits per heavy atom. The maximum atomic E-state index is 13.6. The molecule has 0 bridgehead atoms. The molecular weight excluding hydrogens is 417 g/mol. The number of thiophene rings is 1. The number of rotatable bonds is 5. The van der Waals surface area contributed by atoms with E-state index in [0.29, 0.717) is 10.6 Å². The minimum absolute atomic E-state index is 0.0397. The first-order chi connectivity index (χ1) is 14.3. The lowest BCUT2D eigenvalue weighted by Crippen LogP contribution is -2.47. The summed E-state index contributed by atoms with van der Waals surface area (Å²) in [4.78, 5) is 17.5. The summed E-state index contributed by atoms with van der Waals surface area (Å²) in [5, 5.41) is 5.30. The van der Waals surface area contributed by atoms with Crippen molar-refractivity contribution in [3.8, 4) is 5.75 Å². The minimum Gasteiger partial charge on any atom is -0.497 e. The lowest BCUT2D eigenvalue weighted by atomic mass is 10.2. The van der Waals surface area contributed by atoms with Crippen molar-refractivity contribution < 1.29 is 22.7 Å². The molecule has 0 fully saturated rings. The standard InChI is InChI=1S/C20H17F3N4O2S/c1-29-13-6-4-12(5-7-13)11-24-19(28)15-10-18-25-14(16-3-2-8-30-16)9-17(20(21,22)23)27(18)26-15/h2-10,15,26H,11H2,1H3,(H,24,28). The zero-order valence-electron chi connectivity index (χ0n) is 15.7. The molecule has 2 aliphatic rings. The van der Waals surface area contributed by atoms with E-state index >= 15 is 0 Å². The molecule has 2 N–H and O–H groups in total. The minimum atomic E-state index is -4.61. The molecule has 1 unspecified atom stereocenters. The maximum absolute atomic E-state index is 13.6. The van der Waals surface area contributed by atoms with Crippen LogP contribution in [-0.2, 0) is 11.3 Å². The average molecular weight is 434 g/mol. The van der Waals surface area contributed by atoms with Crippen molar-refractivity contribution >= 4 is 23.0 Å². The summed E-state index contributed by atoms with van der Waals surface area (Å²) in [6, 6.07) is 9.58. The number of hydrogen-bond donors (Lipinski definition) is 2. The molecule has 3 heterocycles. The molecule has 0 radical (unpaired) electrons. The van der Waals surface area contributed by atoms with E-state index in [1.807, 2.05) is 0 Å². The second-order valence-electron chi connectivity index (χ2n) is 6.53. The van der Waals surface area contributed by atoms with Crippen molar-refractivity contribution in [2.24, 2.45) is 4.99 Å². The fourth-order valence-electron chi connectivity index (χ4n) is 3.03. The molecule has 0 aliphatic carbocycles. The number of fused-ring (bicyclic) bond motifs is 1. The van der Waals surface area contributed by atoms with Gasteiger partial charge in [0.1, 0.15) is 23.3 Å². The number of ether oxygens (including phenoxy) is 1. The summed E-state index contributed by atoms with van der Waals surface area (Å²) in [7, 11) is 1.56. The Morgan fingerprint density at radius 3 is 2.70 bits per heavy atom. The predicted octanol–water partition coefficient (Wildman–Crippen LogP) is 3.35. The summed E-state index contributed by atoms with van der Waals surface area (Å²) in [6.07, 6.45) is -2.25. The van der Waals surface area contributed by atoms with Gasteiger partial charge in [0.05, 0.1) is 17.7 Å². The van der Waals surface area contributed by atoms with Crippen LogP contribution in [0.15, 0.2) is 70.4 Å². The van der Waals surface area contributed by atoms with E-state index in [1.165, 1.54) is 17.4 Å². The van der Waals surface area contributed by atoms with E-state index in [0.717, 1.165) is 16.6 Å². The lowest BCUT2D eigenvalue weighted by Gasteiger charge is -2.28. The fraction of sp³-hybridized carbons (Fsp3) is 0.200. The Bertz CT molecular complexity index is 1030. The first-order valence-corrected chi connectivity index (χ1v) is 9.83. The topological polar surface area (TPSA) is 66.0 Å². The second-order valence-corrected chi connectivity index (χ2v) is 7.48. The molecule has 4 rings (SSSR count). The highest BCUT2D eigenvalue weighted by atomic mass is 32.1. The number of benzene rings is 1. The van der Waals surface area contributed by atoms with Crippen molar-refractivity contribution in [1.82, 2.24) is 15.8 Å². The summed E-state index contributed by atoms with van der Waals surface area (Å²) >= 11 is 1.29. The van der Waals surface area contributed by atoms with E-state index in [1.54, 1.807) is 48.9 Å². The monoisotopic (exact) mass is 434 g/mol. The molecule has 2 aromatic rings. The van der Waals surface area contributed by atoms with Crippen LogP contribution in [-0.4, -0.2) is 36.0 Å². The Labute approximate surface area is 174 Å². The molecule has 2 aliphatic heterocycles. The highest BCUT2D eigenvalue weighted by Gasteiger charge is 2.44. The van der Waals surface area contributed by atoms with E-state index in [-0.39, 0.29) is 18.1 Å². The van der Waals surface area contributed by atoms with Crippen LogP contribution < -0.4 is 15.5 Å². The van der Waals surface area contributed by atoms with Crippen LogP contribution in [0.4, 0.5) is 13.2 Å². The first kappa shape index (κ1) is 20.2. The van der Waals surface area contributed by atoms with Gasteiger partial charge in [0, 0.05) is 6.54 Å². The number of hydrazine groups is 1. The van der Waals surface area contributed by atoms with Gasteiger partial charge in [-0.25, -0.2) is 10.4 Å². The Morgan fingerprint density at radius 1 is 1.30 bits per heavy atom. The number of nitrogens with zero attached hydrogens (tertiary/aromatic N) is 2. The van der Waals surface area contributed by atoms with Crippen LogP contribution >= 0.6 is 11.3 Å². The average Bonchev–Trinajstić information content (AvgIpc) is 3.40. The highest BCUT2D eigenvalue weighted by Crippen LogP contribution is 2.36. The number of carbonyl (C=O) groups excluding carboxylic acids is 1. The Hall–Kier alpha value is -3.11. The third kappa shape index (κ3) is 4.10. The molecule has 6 nitrogen and oxygen atoms in total. The maximum Gasteiger partial charge on any atom is 0.433 e. The first-order valence-electron chi connectivity index (χ1n) is 8.95. The van der Waals surface area contributed by atoms with Crippen LogP contribution in [0.2, 0.25) is 0 Å². The smallest absolute Gasteiger partial charge is 0.433 e. The quantitative estimate of drug-likeness (QED) is 0.758. The predicted molar refractivity (Wildman–Crippen MR) is 107 cm³/mol. The number of aliphatic imine (C=N–C) groups is 1. The Kier molecular flexibility index (Phi) is 5.35. The summed E-state index contributed by atoms with van der Waals surface area (Å²) in [5.41, 5.74) is 2.71. The summed E-state index contributed by atoms with van der Waals surface area (Å²) < 4.78 is 45.9. The molecule has 10 heteroatoms. The lowest BCUT2D eigenvalue weighted by molar-refractivity contribution is -0.125. The zero-order chi connectivity index (χ0) is 21.3. The number of carbonyl (C=O) groups is 1. The van der Waals surface area contributed by atoms with Gasteiger partial charge in [-0.1, -0.05) is 18.2 Å². The van der Waals surface area contributed by atoms with E-state index in [9.17, 15) is 18.0 Å². The molecular formula is C20H17F3N4O2S. The van der Waals surface area contributed by atoms with Crippen LogP contribution in [0.3, 0.4) is 0 Å². The van der Waals surface area contributed by atoms with Crippen molar-refractivity contribution in [2.45, 2.75) is 18.8 Å². The third-order valence-corrected chi connectivity index (χ3v) is 5.43. The molecule has 0 spiro atoms. The molecule has 1 amide bonds. The van der Waals surface area contributed by atoms with Gasteiger partial charge in [0.15, 0.2) is 0 Å². The van der Waals surface area contributed by atoms with Gasteiger partial charge in [-0.2, -0.15) is 13.2 Å². The summed E-state index contributed by atoms with van der Waals surface area (Å²) in [6.45, 7) is 0.232. The molecule has 1 atom stereocenters. The number of methoxy groups -OCH3 is 1. The fourth-order valence-corrected chi connectivity index (χ4v) is 3.72. The van der Waals surface area contributed by atoms with E-state index in [2.05, 4.69) is 15.7 Å². The number of hydrogen-bond acceptors (Lipinski definition) is 6. The van der Waals surface area contributed by atoms with Crippen molar-refractivity contribution in [3.63, 3.8) is 0 Å². The largest absolute Gasteiger partial charge is 0.497 e. The normalized spacial score (nSPS) is 18.3. The van der Waals surface area contributed by atoms with Gasteiger partial charge >= 0.3 is 6.18 Å². The summed E-state index contributed by atoms with van der Waals surface area (Å²) in [5.74, 6) is 0.273. The molecule has 0 saturated carbocycles.